The molecule has 0 aliphatic heterocycles. The Labute approximate surface area is 109 Å². The van der Waals surface area contributed by atoms with Crippen LogP contribution in [0.25, 0.3) is 0 Å². The molecule has 17 heavy (non-hydrogen) atoms. The van der Waals surface area contributed by atoms with Gasteiger partial charge in [0.25, 0.3) is 0 Å². The Balaban J connectivity index is 2.34. The summed E-state index contributed by atoms with van der Waals surface area (Å²) in [6, 6.07) is 0. The molecular weight excluding hydrogens is 204 g/mol. The minimum absolute atomic E-state index is 0.819. The van der Waals surface area contributed by atoms with Crippen molar-refractivity contribution < 1.29 is 0 Å². The Hall–Kier alpha value is -0.260. The Morgan fingerprint density at radius 2 is 1.29 bits per heavy atom. The molecule has 0 radical (unpaired) electrons. The van der Waals surface area contributed by atoms with Crippen LogP contribution in [-0.4, -0.2) is 0 Å². The summed E-state index contributed by atoms with van der Waals surface area (Å²) in [6.07, 6.45) is 20.8. The highest BCUT2D eigenvalue weighted by Gasteiger charge is 2.09. The molecule has 0 bridgehead atoms. The second-order valence-corrected chi connectivity index (χ2v) is 6.10. The molecule has 0 N–H and O–H groups in total. The molecule has 0 saturated heterocycles. The lowest BCUT2D eigenvalue weighted by atomic mass is 9.89. The fraction of sp³-hybridized carbons (Fsp3) is 0.882. The molecule has 0 aromatic carbocycles. The predicted octanol–water partition coefficient (Wildman–Crippen LogP) is 6.12. The maximum Gasteiger partial charge on any atom is -0.0210 e. The van der Waals surface area contributed by atoms with Gasteiger partial charge in [0.05, 0.1) is 0 Å². The first kappa shape index (κ1) is 14.8. The van der Waals surface area contributed by atoms with Crippen molar-refractivity contribution in [1.82, 2.24) is 0 Å². The first-order valence-electron chi connectivity index (χ1n) is 7.97. The molecular formula is C17H32. The topological polar surface area (TPSA) is 0 Å². The smallest absolute Gasteiger partial charge is 0.0210 e. The SMILES string of the molecule is CC(C)C1C=CCCCCCCCCCCC1. The Morgan fingerprint density at radius 1 is 0.765 bits per heavy atom. The van der Waals surface area contributed by atoms with Gasteiger partial charge in [0.2, 0.25) is 0 Å². The third kappa shape index (κ3) is 7.63. The number of allylic oxidation sites excluding steroid dienone is 2. The normalized spacial score (nSPS) is 25.7. The van der Waals surface area contributed by atoms with Crippen molar-refractivity contribution in [2.24, 2.45) is 11.8 Å². The van der Waals surface area contributed by atoms with E-state index in [4.69, 9.17) is 0 Å². The Morgan fingerprint density at radius 3 is 1.88 bits per heavy atom. The van der Waals surface area contributed by atoms with Gasteiger partial charge in [-0.25, -0.2) is 0 Å². The van der Waals surface area contributed by atoms with Crippen molar-refractivity contribution in [1.29, 1.82) is 0 Å². The van der Waals surface area contributed by atoms with E-state index in [0.717, 1.165) is 11.8 Å². The molecule has 0 nitrogen and oxygen atoms in total. The van der Waals surface area contributed by atoms with Crippen LogP contribution in [0.1, 0.15) is 84.5 Å². The average molecular weight is 236 g/mol. The van der Waals surface area contributed by atoms with Crippen molar-refractivity contribution in [3.8, 4) is 0 Å². The zero-order valence-corrected chi connectivity index (χ0v) is 12.1. The van der Waals surface area contributed by atoms with E-state index in [0.29, 0.717) is 0 Å². The summed E-state index contributed by atoms with van der Waals surface area (Å²) in [6.45, 7) is 4.75. The fourth-order valence-corrected chi connectivity index (χ4v) is 2.80. The second-order valence-electron chi connectivity index (χ2n) is 6.10. The van der Waals surface area contributed by atoms with Crippen LogP contribution in [0, 0.1) is 11.8 Å². The third-order valence-corrected chi connectivity index (χ3v) is 4.15. The zero-order chi connectivity index (χ0) is 12.3. The van der Waals surface area contributed by atoms with Crippen LogP contribution in [0.2, 0.25) is 0 Å². The molecule has 0 amide bonds. The van der Waals surface area contributed by atoms with E-state index in [1.807, 2.05) is 0 Å². The summed E-state index contributed by atoms with van der Waals surface area (Å²) in [5.41, 5.74) is 0. The van der Waals surface area contributed by atoms with Crippen molar-refractivity contribution >= 4 is 0 Å². The lowest BCUT2D eigenvalue weighted by molar-refractivity contribution is 0.411. The van der Waals surface area contributed by atoms with Gasteiger partial charge in [-0.1, -0.05) is 77.4 Å². The third-order valence-electron chi connectivity index (χ3n) is 4.15. The summed E-state index contributed by atoms with van der Waals surface area (Å²) in [4.78, 5) is 0. The molecule has 0 spiro atoms. The van der Waals surface area contributed by atoms with Gasteiger partial charge in [0, 0.05) is 0 Å². The van der Waals surface area contributed by atoms with Gasteiger partial charge in [-0.3, -0.25) is 0 Å². The molecule has 0 heteroatoms. The van der Waals surface area contributed by atoms with E-state index < -0.39 is 0 Å². The molecule has 1 rings (SSSR count). The number of hydrogen-bond donors (Lipinski definition) is 0. The van der Waals surface area contributed by atoms with Crippen LogP contribution in [0.5, 0.6) is 0 Å². The number of hydrogen-bond acceptors (Lipinski definition) is 0. The highest BCUT2D eigenvalue weighted by atomic mass is 14.1. The van der Waals surface area contributed by atoms with Crippen LogP contribution < -0.4 is 0 Å². The standard InChI is InChI=1S/C17H32/c1-16(2)17-14-12-10-8-6-4-3-5-7-9-11-13-15-17/h12,14,16-17H,3-11,13,15H2,1-2H3. The van der Waals surface area contributed by atoms with E-state index in [-0.39, 0.29) is 0 Å². The molecule has 0 aromatic rings. The van der Waals surface area contributed by atoms with Crippen LogP contribution in [0.15, 0.2) is 12.2 Å². The Bertz CT molecular complexity index is 190. The predicted molar refractivity (Wildman–Crippen MR) is 78.3 cm³/mol. The lowest BCUT2D eigenvalue weighted by Gasteiger charge is -2.17. The summed E-state index contributed by atoms with van der Waals surface area (Å²) in [5.74, 6) is 1.65. The largest absolute Gasteiger partial charge is 0.0883 e. The van der Waals surface area contributed by atoms with Gasteiger partial charge in [-0.05, 0) is 31.1 Å². The summed E-state index contributed by atoms with van der Waals surface area (Å²) < 4.78 is 0. The zero-order valence-electron chi connectivity index (χ0n) is 12.1. The van der Waals surface area contributed by atoms with Crippen LogP contribution in [0.4, 0.5) is 0 Å². The highest BCUT2D eigenvalue weighted by Crippen LogP contribution is 2.22. The van der Waals surface area contributed by atoms with Gasteiger partial charge in [-0.15, -0.1) is 0 Å². The first-order valence-corrected chi connectivity index (χ1v) is 7.97. The molecule has 1 atom stereocenters. The minimum Gasteiger partial charge on any atom is -0.0883 e. The average Bonchev–Trinajstić information content (AvgIpc) is 2.31. The fourth-order valence-electron chi connectivity index (χ4n) is 2.80. The maximum atomic E-state index is 2.51. The van der Waals surface area contributed by atoms with E-state index in [9.17, 15) is 0 Å². The second kappa shape index (κ2) is 9.74. The van der Waals surface area contributed by atoms with Gasteiger partial charge in [0.15, 0.2) is 0 Å². The summed E-state index contributed by atoms with van der Waals surface area (Å²) >= 11 is 0. The van der Waals surface area contributed by atoms with Crippen molar-refractivity contribution in [2.45, 2.75) is 84.5 Å². The highest BCUT2D eigenvalue weighted by molar-refractivity contribution is 4.89. The minimum atomic E-state index is 0.819. The molecule has 1 aliphatic carbocycles. The first-order chi connectivity index (χ1) is 8.30. The molecule has 0 fully saturated rings. The van der Waals surface area contributed by atoms with Gasteiger partial charge >= 0.3 is 0 Å². The molecule has 1 unspecified atom stereocenters. The molecule has 0 saturated carbocycles. The van der Waals surface area contributed by atoms with Gasteiger partial charge < -0.3 is 0 Å². The molecule has 0 aromatic heterocycles. The van der Waals surface area contributed by atoms with E-state index in [1.165, 1.54) is 70.6 Å². The monoisotopic (exact) mass is 236 g/mol. The van der Waals surface area contributed by atoms with Gasteiger partial charge in [-0.2, -0.15) is 0 Å². The van der Waals surface area contributed by atoms with Crippen molar-refractivity contribution in [3.63, 3.8) is 0 Å². The molecule has 100 valence electrons. The number of rotatable bonds is 1. The summed E-state index contributed by atoms with van der Waals surface area (Å²) in [5, 5.41) is 0. The molecule has 0 heterocycles. The van der Waals surface area contributed by atoms with E-state index in [1.54, 1.807) is 0 Å². The maximum absolute atomic E-state index is 2.51. The Kier molecular flexibility index (Phi) is 8.48. The van der Waals surface area contributed by atoms with E-state index in [2.05, 4.69) is 26.0 Å². The molecule has 1 aliphatic rings. The van der Waals surface area contributed by atoms with Crippen molar-refractivity contribution in [3.05, 3.63) is 12.2 Å². The van der Waals surface area contributed by atoms with Crippen LogP contribution in [0.3, 0.4) is 0 Å². The van der Waals surface area contributed by atoms with Crippen LogP contribution in [-0.2, 0) is 0 Å². The van der Waals surface area contributed by atoms with E-state index >= 15 is 0 Å². The van der Waals surface area contributed by atoms with Crippen molar-refractivity contribution in [2.75, 3.05) is 0 Å². The van der Waals surface area contributed by atoms with Crippen LogP contribution >= 0.6 is 0 Å². The quantitative estimate of drug-likeness (QED) is 0.481. The summed E-state index contributed by atoms with van der Waals surface area (Å²) in [7, 11) is 0. The van der Waals surface area contributed by atoms with Gasteiger partial charge in [0.1, 0.15) is 0 Å². The lowest BCUT2D eigenvalue weighted by Crippen LogP contribution is -2.05.